The van der Waals surface area contributed by atoms with Gasteiger partial charge in [-0.05, 0) is 108 Å². The molecule has 0 amide bonds. The standard InChI is InChI=1S/C20H14N4.C19H18/c1-2-14-10-16-5-6-18(23-16)12-20-8-7-19(24-20)11-17-4-3-15(22-17)9-13(1)21-14;1-3-13-19(14-4-2)17-11-7-5-9-15(17)16-10-6-8-12-18(16)19/h1-12,21-22H;3-12H,1-2,13-14H2. The summed E-state index contributed by atoms with van der Waals surface area (Å²) in [6, 6.07) is 33.9. The van der Waals surface area contributed by atoms with Gasteiger partial charge in [0.15, 0.2) is 0 Å². The lowest BCUT2D eigenvalue weighted by Gasteiger charge is -2.30. The zero-order chi connectivity index (χ0) is 29.2. The fraction of sp³-hybridized carbons (Fsp3) is 0.0769. The van der Waals surface area contributed by atoms with Crippen molar-refractivity contribution in [3.63, 3.8) is 0 Å². The van der Waals surface area contributed by atoms with Gasteiger partial charge in [-0.25, -0.2) is 9.97 Å². The van der Waals surface area contributed by atoms with Gasteiger partial charge in [0.1, 0.15) is 0 Å². The van der Waals surface area contributed by atoms with E-state index in [9.17, 15) is 0 Å². The first kappa shape index (κ1) is 26.4. The van der Waals surface area contributed by atoms with Crippen LogP contribution in [0.4, 0.5) is 0 Å². The minimum atomic E-state index is 0.0245. The van der Waals surface area contributed by atoms with Gasteiger partial charge in [-0.15, -0.1) is 13.2 Å². The first-order valence-corrected chi connectivity index (χ1v) is 14.6. The Hall–Kier alpha value is -5.48. The second-order valence-corrected chi connectivity index (χ2v) is 11.1. The normalized spacial score (nSPS) is 13.5. The molecule has 3 aliphatic rings. The Morgan fingerprint density at radius 1 is 0.512 bits per heavy atom. The molecule has 4 heteroatoms. The van der Waals surface area contributed by atoms with Crippen molar-refractivity contribution >= 4 is 46.4 Å². The van der Waals surface area contributed by atoms with Crippen LogP contribution in [0.2, 0.25) is 0 Å². The third-order valence-corrected chi connectivity index (χ3v) is 8.20. The molecule has 43 heavy (non-hydrogen) atoms. The molecule has 0 saturated heterocycles. The molecule has 2 N–H and O–H groups in total. The molecular weight excluding hydrogens is 524 g/mol. The number of nitrogens with one attached hydrogen (secondary N) is 2. The molecule has 0 unspecified atom stereocenters. The van der Waals surface area contributed by atoms with Crippen LogP contribution in [0.15, 0.2) is 122 Å². The number of hydrogen-bond donors (Lipinski definition) is 2. The Balaban J connectivity index is 0.000000144. The van der Waals surface area contributed by atoms with E-state index in [0.717, 1.165) is 57.7 Å². The molecule has 3 aromatic heterocycles. The Morgan fingerprint density at radius 3 is 1.35 bits per heavy atom. The largest absolute Gasteiger partial charge is 0.355 e. The molecular formula is C39H32N4. The van der Waals surface area contributed by atoms with Gasteiger partial charge < -0.3 is 9.97 Å². The minimum Gasteiger partial charge on any atom is -0.355 e. The molecule has 5 aromatic rings. The Kier molecular flexibility index (Phi) is 6.80. The van der Waals surface area contributed by atoms with Crippen molar-refractivity contribution in [2.45, 2.75) is 18.3 Å². The summed E-state index contributed by atoms with van der Waals surface area (Å²) in [5, 5.41) is 0. The van der Waals surface area contributed by atoms with E-state index < -0.39 is 0 Å². The lowest BCUT2D eigenvalue weighted by atomic mass is 9.73. The van der Waals surface area contributed by atoms with Gasteiger partial charge in [-0.1, -0.05) is 60.7 Å². The predicted octanol–water partition coefficient (Wildman–Crippen LogP) is 9.76. The second kappa shape index (κ2) is 11.1. The maximum Gasteiger partial charge on any atom is 0.0659 e. The molecule has 0 radical (unpaired) electrons. The SMILES string of the molecule is C1=Cc2cc3ccc(cc4ccc(cc5nc(cc1n2)C=C5)[nH]4)[nH]3.C=CCC1(CC=C)c2ccccc2-c2ccccc21. The summed E-state index contributed by atoms with van der Waals surface area (Å²) in [5.41, 5.74) is 13.4. The summed E-state index contributed by atoms with van der Waals surface area (Å²) in [5.74, 6) is 0. The Bertz CT molecular complexity index is 1940. The smallest absolute Gasteiger partial charge is 0.0659 e. The maximum absolute atomic E-state index is 4.62. The number of hydrogen-bond acceptors (Lipinski definition) is 2. The molecule has 0 atom stereocenters. The van der Waals surface area contributed by atoms with Crippen LogP contribution in [0.3, 0.4) is 0 Å². The molecule has 2 aromatic carbocycles. The van der Waals surface area contributed by atoms with Crippen molar-refractivity contribution in [3.8, 4) is 11.1 Å². The van der Waals surface area contributed by atoms with E-state index in [2.05, 4.69) is 112 Å². The van der Waals surface area contributed by atoms with Crippen LogP contribution in [0.25, 0.3) is 57.5 Å². The lowest BCUT2D eigenvalue weighted by molar-refractivity contribution is 0.543. The zero-order valence-corrected chi connectivity index (χ0v) is 23.9. The van der Waals surface area contributed by atoms with Crippen molar-refractivity contribution in [2.24, 2.45) is 0 Å². The highest BCUT2D eigenvalue weighted by molar-refractivity contribution is 5.81. The third kappa shape index (κ3) is 5.08. The molecule has 208 valence electrons. The molecule has 1 aliphatic carbocycles. The zero-order valence-electron chi connectivity index (χ0n) is 23.9. The topological polar surface area (TPSA) is 57.4 Å². The summed E-state index contributed by atoms with van der Waals surface area (Å²) in [6.45, 7) is 7.93. The monoisotopic (exact) mass is 556 g/mol. The van der Waals surface area contributed by atoms with E-state index in [4.69, 9.17) is 0 Å². The van der Waals surface area contributed by atoms with Crippen LogP contribution in [0, 0.1) is 0 Å². The predicted molar refractivity (Wildman–Crippen MR) is 181 cm³/mol. The van der Waals surface area contributed by atoms with Crippen LogP contribution < -0.4 is 0 Å². The highest BCUT2D eigenvalue weighted by atomic mass is 14.8. The second-order valence-electron chi connectivity index (χ2n) is 11.1. The summed E-state index contributed by atoms with van der Waals surface area (Å²) in [6.07, 6.45) is 14.0. The highest BCUT2D eigenvalue weighted by Crippen LogP contribution is 2.52. The van der Waals surface area contributed by atoms with E-state index in [0.29, 0.717) is 0 Å². The molecule has 8 bridgehead atoms. The van der Waals surface area contributed by atoms with Gasteiger partial charge in [0.25, 0.3) is 0 Å². The first-order valence-electron chi connectivity index (χ1n) is 14.6. The molecule has 0 fully saturated rings. The van der Waals surface area contributed by atoms with Gasteiger partial charge in [-0.3, -0.25) is 0 Å². The number of aromatic amines is 2. The van der Waals surface area contributed by atoms with Crippen molar-refractivity contribution in [1.82, 2.24) is 19.9 Å². The van der Waals surface area contributed by atoms with E-state index in [1.165, 1.54) is 22.3 Å². The molecule has 5 heterocycles. The number of H-pyrrole nitrogens is 2. The van der Waals surface area contributed by atoms with Crippen LogP contribution in [0.5, 0.6) is 0 Å². The summed E-state index contributed by atoms with van der Waals surface area (Å²) < 4.78 is 0. The van der Waals surface area contributed by atoms with Crippen molar-refractivity contribution in [2.75, 3.05) is 0 Å². The van der Waals surface area contributed by atoms with Crippen LogP contribution in [-0.4, -0.2) is 19.9 Å². The van der Waals surface area contributed by atoms with Crippen molar-refractivity contribution < 1.29 is 0 Å². The highest BCUT2D eigenvalue weighted by Gasteiger charge is 2.40. The number of allylic oxidation sites excluding steroid dienone is 2. The first-order chi connectivity index (χ1) is 21.1. The molecule has 4 nitrogen and oxygen atoms in total. The number of rotatable bonds is 4. The van der Waals surface area contributed by atoms with E-state index >= 15 is 0 Å². The summed E-state index contributed by atoms with van der Waals surface area (Å²) in [7, 11) is 0. The fourth-order valence-corrected chi connectivity index (χ4v) is 6.38. The summed E-state index contributed by atoms with van der Waals surface area (Å²) >= 11 is 0. The number of aromatic nitrogens is 4. The van der Waals surface area contributed by atoms with Crippen molar-refractivity contribution in [3.05, 3.63) is 156 Å². The van der Waals surface area contributed by atoms with Gasteiger partial charge in [0.2, 0.25) is 0 Å². The quantitative estimate of drug-likeness (QED) is 0.212. The Morgan fingerprint density at radius 2 is 0.907 bits per heavy atom. The maximum atomic E-state index is 4.62. The van der Waals surface area contributed by atoms with Gasteiger partial charge in [0, 0.05) is 27.5 Å². The molecule has 2 aliphatic heterocycles. The average Bonchev–Trinajstić information content (AvgIpc) is 3.86. The van der Waals surface area contributed by atoms with E-state index in [-0.39, 0.29) is 5.41 Å². The average molecular weight is 557 g/mol. The third-order valence-electron chi connectivity index (χ3n) is 8.20. The molecule has 0 saturated carbocycles. The van der Waals surface area contributed by atoms with Gasteiger partial charge in [0.05, 0.1) is 22.8 Å². The van der Waals surface area contributed by atoms with Gasteiger partial charge in [-0.2, -0.15) is 0 Å². The molecule has 8 rings (SSSR count). The number of fused-ring (bicyclic) bond motifs is 11. The van der Waals surface area contributed by atoms with E-state index in [1.54, 1.807) is 0 Å². The minimum absolute atomic E-state index is 0.0245. The van der Waals surface area contributed by atoms with Crippen LogP contribution >= 0.6 is 0 Å². The number of nitrogens with zero attached hydrogens (tertiary/aromatic N) is 2. The van der Waals surface area contributed by atoms with Crippen LogP contribution in [0.1, 0.15) is 46.7 Å². The van der Waals surface area contributed by atoms with E-state index in [1.807, 2.05) is 54.7 Å². The fourth-order valence-electron chi connectivity index (χ4n) is 6.38. The lowest BCUT2D eigenvalue weighted by Crippen LogP contribution is -2.23. The van der Waals surface area contributed by atoms with Crippen molar-refractivity contribution in [1.29, 1.82) is 0 Å². The molecule has 0 spiro atoms. The van der Waals surface area contributed by atoms with Crippen LogP contribution in [-0.2, 0) is 5.41 Å². The van der Waals surface area contributed by atoms with Gasteiger partial charge >= 0.3 is 0 Å². The Labute approximate surface area is 251 Å². The number of benzene rings is 2. The summed E-state index contributed by atoms with van der Waals surface area (Å²) in [4.78, 5) is 16.0.